The van der Waals surface area contributed by atoms with E-state index in [1.807, 2.05) is 0 Å². The van der Waals surface area contributed by atoms with Crippen molar-refractivity contribution in [1.82, 2.24) is 0 Å². The SMILES string of the molecule is CCCCCCCC(O)C(C)(N)S(=O)(=O)O. The van der Waals surface area contributed by atoms with Crippen molar-refractivity contribution in [3.05, 3.63) is 0 Å². The molecule has 0 aromatic carbocycles. The summed E-state index contributed by atoms with van der Waals surface area (Å²) < 4.78 is 30.6. The van der Waals surface area contributed by atoms with Crippen LogP contribution in [0.2, 0.25) is 0 Å². The van der Waals surface area contributed by atoms with Gasteiger partial charge >= 0.3 is 0 Å². The summed E-state index contributed by atoms with van der Waals surface area (Å²) >= 11 is 0. The zero-order valence-electron chi connectivity index (χ0n) is 10.0. The lowest BCUT2D eigenvalue weighted by Crippen LogP contribution is -2.54. The van der Waals surface area contributed by atoms with Crippen molar-refractivity contribution in [3.8, 4) is 0 Å². The standard InChI is InChI=1S/C10H23NO4S/c1-3-4-5-6-7-8-9(12)10(2,11)16(13,14)15/h9,12H,3-8,11H2,1-2H3,(H,13,14,15). The maximum atomic E-state index is 10.9. The first kappa shape index (κ1) is 15.8. The average Bonchev–Trinajstić information content (AvgIpc) is 2.15. The van der Waals surface area contributed by atoms with E-state index in [2.05, 4.69) is 6.92 Å². The average molecular weight is 253 g/mol. The molecule has 0 aliphatic carbocycles. The van der Waals surface area contributed by atoms with E-state index in [0.717, 1.165) is 32.6 Å². The third-order valence-electron chi connectivity index (χ3n) is 2.80. The summed E-state index contributed by atoms with van der Waals surface area (Å²) in [5, 5.41) is 9.60. The first-order valence-electron chi connectivity index (χ1n) is 5.67. The van der Waals surface area contributed by atoms with Gasteiger partial charge in [0.1, 0.15) is 0 Å². The molecule has 5 nitrogen and oxygen atoms in total. The fourth-order valence-electron chi connectivity index (χ4n) is 1.40. The largest absolute Gasteiger partial charge is 0.390 e. The van der Waals surface area contributed by atoms with Crippen molar-refractivity contribution >= 4 is 10.1 Å². The molecule has 0 saturated heterocycles. The normalized spacial score (nSPS) is 18.1. The Morgan fingerprint density at radius 2 is 1.75 bits per heavy atom. The third-order valence-corrected chi connectivity index (χ3v) is 4.18. The lowest BCUT2D eigenvalue weighted by Gasteiger charge is -2.26. The molecule has 2 atom stereocenters. The summed E-state index contributed by atoms with van der Waals surface area (Å²) in [5.74, 6) is 0. The Hall–Kier alpha value is -0.170. The monoisotopic (exact) mass is 253 g/mol. The van der Waals surface area contributed by atoms with Crippen LogP contribution < -0.4 is 5.73 Å². The molecule has 98 valence electrons. The molecule has 6 heteroatoms. The highest BCUT2D eigenvalue weighted by Gasteiger charge is 2.40. The summed E-state index contributed by atoms with van der Waals surface area (Å²) in [6.07, 6.45) is 4.03. The minimum atomic E-state index is -4.42. The van der Waals surface area contributed by atoms with Crippen LogP contribution in [-0.2, 0) is 10.1 Å². The van der Waals surface area contributed by atoms with Crippen LogP contribution >= 0.6 is 0 Å². The number of hydrogen-bond donors (Lipinski definition) is 3. The smallest absolute Gasteiger partial charge is 0.286 e. The van der Waals surface area contributed by atoms with Crippen LogP contribution in [-0.4, -0.2) is 29.1 Å². The number of nitrogens with two attached hydrogens (primary N) is 1. The summed E-state index contributed by atoms with van der Waals surface area (Å²) in [7, 11) is -4.42. The van der Waals surface area contributed by atoms with Crippen molar-refractivity contribution in [2.45, 2.75) is 63.3 Å². The molecular formula is C10H23NO4S. The van der Waals surface area contributed by atoms with E-state index in [1.165, 1.54) is 0 Å². The molecule has 0 spiro atoms. The van der Waals surface area contributed by atoms with Crippen LogP contribution in [0.4, 0.5) is 0 Å². The van der Waals surface area contributed by atoms with Crippen molar-refractivity contribution in [1.29, 1.82) is 0 Å². The van der Waals surface area contributed by atoms with Gasteiger partial charge in [-0.15, -0.1) is 0 Å². The number of aliphatic hydroxyl groups excluding tert-OH is 1. The minimum Gasteiger partial charge on any atom is -0.390 e. The van der Waals surface area contributed by atoms with Crippen LogP contribution in [0.1, 0.15) is 52.4 Å². The quantitative estimate of drug-likeness (QED) is 0.447. The molecule has 0 aliphatic rings. The van der Waals surface area contributed by atoms with Gasteiger partial charge in [0.2, 0.25) is 0 Å². The Balaban J connectivity index is 4.02. The van der Waals surface area contributed by atoms with Gasteiger partial charge in [0.15, 0.2) is 4.87 Å². The van der Waals surface area contributed by atoms with Gasteiger partial charge in [-0.1, -0.05) is 39.0 Å². The van der Waals surface area contributed by atoms with Crippen LogP contribution in [0.5, 0.6) is 0 Å². The van der Waals surface area contributed by atoms with E-state index in [4.69, 9.17) is 10.3 Å². The van der Waals surface area contributed by atoms with Crippen LogP contribution in [0.3, 0.4) is 0 Å². The van der Waals surface area contributed by atoms with Gasteiger partial charge in [0, 0.05) is 0 Å². The molecule has 16 heavy (non-hydrogen) atoms. The first-order chi connectivity index (χ1) is 7.23. The van der Waals surface area contributed by atoms with E-state index in [1.54, 1.807) is 0 Å². The highest BCUT2D eigenvalue weighted by atomic mass is 32.2. The number of unbranched alkanes of at least 4 members (excludes halogenated alkanes) is 4. The molecule has 0 saturated carbocycles. The summed E-state index contributed by atoms with van der Waals surface area (Å²) in [4.78, 5) is -1.97. The van der Waals surface area contributed by atoms with Gasteiger partial charge in [-0.2, -0.15) is 8.42 Å². The molecule has 4 N–H and O–H groups in total. The van der Waals surface area contributed by atoms with Crippen LogP contribution in [0.25, 0.3) is 0 Å². The molecular weight excluding hydrogens is 230 g/mol. The van der Waals surface area contributed by atoms with E-state index >= 15 is 0 Å². The van der Waals surface area contributed by atoms with Crippen LogP contribution in [0, 0.1) is 0 Å². The summed E-state index contributed by atoms with van der Waals surface area (Å²) in [6.45, 7) is 3.23. The van der Waals surface area contributed by atoms with Gasteiger partial charge in [0.25, 0.3) is 10.1 Å². The van der Waals surface area contributed by atoms with Gasteiger partial charge in [-0.3, -0.25) is 4.55 Å². The fraction of sp³-hybridized carbons (Fsp3) is 1.00. The molecule has 0 aliphatic heterocycles. The molecule has 0 heterocycles. The Labute approximate surface area is 97.8 Å². The Morgan fingerprint density at radius 3 is 2.19 bits per heavy atom. The molecule has 0 radical (unpaired) electrons. The second kappa shape index (κ2) is 6.54. The Bertz CT molecular complexity index is 287. The van der Waals surface area contributed by atoms with Crippen molar-refractivity contribution in [2.75, 3.05) is 0 Å². The zero-order valence-corrected chi connectivity index (χ0v) is 10.8. The zero-order chi connectivity index (χ0) is 12.8. The Morgan fingerprint density at radius 1 is 1.25 bits per heavy atom. The van der Waals surface area contributed by atoms with Crippen molar-refractivity contribution in [3.63, 3.8) is 0 Å². The third kappa shape index (κ3) is 4.78. The number of hydrogen-bond acceptors (Lipinski definition) is 4. The fourth-order valence-corrected chi connectivity index (χ4v) is 1.86. The lowest BCUT2D eigenvalue weighted by molar-refractivity contribution is 0.115. The van der Waals surface area contributed by atoms with Gasteiger partial charge in [-0.05, 0) is 13.3 Å². The topological polar surface area (TPSA) is 101 Å². The van der Waals surface area contributed by atoms with Crippen LogP contribution in [0.15, 0.2) is 0 Å². The highest BCUT2D eigenvalue weighted by Crippen LogP contribution is 2.19. The molecule has 0 rings (SSSR count). The number of rotatable bonds is 8. The van der Waals surface area contributed by atoms with Crippen molar-refractivity contribution in [2.24, 2.45) is 5.73 Å². The van der Waals surface area contributed by atoms with Crippen molar-refractivity contribution < 1.29 is 18.1 Å². The lowest BCUT2D eigenvalue weighted by atomic mass is 10.0. The molecule has 2 unspecified atom stereocenters. The predicted octanol–water partition coefficient (Wildman–Crippen LogP) is 1.27. The molecule has 0 aromatic rings. The van der Waals surface area contributed by atoms with Gasteiger partial charge < -0.3 is 10.8 Å². The van der Waals surface area contributed by atoms with E-state index in [-0.39, 0.29) is 6.42 Å². The minimum absolute atomic E-state index is 0.288. The molecule has 0 bridgehead atoms. The second-order valence-corrected chi connectivity index (χ2v) is 6.21. The maximum absolute atomic E-state index is 10.9. The Kier molecular flexibility index (Phi) is 6.47. The number of aliphatic hydroxyl groups is 1. The van der Waals surface area contributed by atoms with E-state index < -0.39 is 21.1 Å². The second-order valence-electron chi connectivity index (χ2n) is 4.38. The molecule has 0 aromatic heterocycles. The molecule has 0 amide bonds. The van der Waals surface area contributed by atoms with Gasteiger partial charge in [-0.25, -0.2) is 0 Å². The highest BCUT2D eigenvalue weighted by molar-refractivity contribution is 7.87. The predicted molar refractivity (Wildman–Crippen MR) is 63.5 cm³/mol. The first-order valence-corrected chi connectivity index (χ1v) is 7.11. The summed E-state index contributed by atoms with van der Waals surface area (Å²) in [6, 6.07) is 0. The molecule has 0 fully saturated rings. The maximum Gasteiger partial charge on any atom is 0.286 e. The summed E-state index contributed by atoms with van der Waals surface area (Å²) in [5.41, 5.74) is 5.39. The van der Waals surface area contributed by atoms with E-state index in [9.17, 15) is 13.5 Å². The van der Waals surface area contributed by atoms with E-state index in [0.29, 0.717) is 6.42 Å². The van der Waals surface area contributed by atoms with Gasteiger partial charge in [0.05, 0.1) is 6.10 Å².